The summed E-state index contributed by atoms with van der Waals surface area (Å²) in [6, 6.07) is 2.26. The zero-order chi connectivity index (χ0) is 7.19. The molecule has 0 aromatic rings. The maximum Gasteiger partial charge on any atom is 0.100 e. The molecule has 0 radical (unpaired) electrons. The summed E-state index contributed by atoms with van der Waals surface area (Å²) in [5.74, 6) is 0.0718. The van der Waals surface area contributed by atoms with Crippen LogP contribution in [0.25, 0.3) is 0 Å². The first-order chi connectivity index (χ1) is 4.74. The van der Waals surface area contributed by atoms with Crippen molar-refractivity contribution in [2.24, 2.45) is 5.92 Å². The van der Waals surface area contributed by atoms with E-state index < -0.39 is 0 Å². The van der Waals surface area contributed by atoms with Crippen LogP contribution in [-0.4, -0.2) is 11.7 Å². The highest BCUT2D eigenvalue weighted by molar-refractivity contribution is 5.22. The van der Waals surface area contributed by atoms with E-state index in [0.717, 1.165) is 6.42 Å². The van der Waals surface area contributed by atoms with Crippen LogP contribution in [0.3, 0.4) is 0 Å². The van der Waals surface area contributed by atoms with Gasteiger partial charge < -0.3 is 4.74 Å². The van der Waals surface area contributed by atoms with Gasteiger partial charge in [-0.1, -0.05) is 12.2 Å². The summed E-state index contributed by atoms with van der Waals surface area (Å²) >= 11 is 0. The van der Waals surface area contributed by atoms with Crippen LogP contribution in [0.2, 0.25) is 0 Å². The van der Waals surface area contributed by atoms with Crippen LogP contribution >= 0.6 is 0 Å². The molecule has 2 nitrogen and oxygen atoms in total. The second kappa shape index (κ2) is 1.62. The van der Waals surface area contributed by atoms with E-state index in [1.807, 2.05) is 19.1 Å². The van der Waals surface area contributed by atoms with Gasteiger partial charge in [-0.25, -0.2) is 0 Å². The van der Waals surface area contributed by atoms with Crippen molar-refractivity contribution in [3.63, 3.8) is 0 Å². The molecule has 2 heterocycles. The number of nitriles is 1. The molecule has 10 heavy (non-hydrogen) atoms. The summed E-state index contributed by atoms with van der Waals surface area (Å²) < 4.78 is 5.53. The summed E-state index contributed by atoms with van der Waals surface area (Å²) in [5, 5.41) is 8.69. The van der Waals surface area contributed by atoms with Crippen LogP contribution in [0.5, 0.6) is 0 Å². The van der Waals surface area contributed by atoms with Crippen molar-refractivity contribution in [3.05, 3.63) is 12.2 Å². The van der Waals surface area contributed by atoms with Crippen molar-refractivity contribution in [2.45, 2.75) is 25.0 Å². The first kappa shape index (κ1) is 5.94. The minimum absolute atomic E-state index is 0.0718. The van der Waals surface area contributed by atoms with Gasteiger partial charge in [0.15, 0.2) is 0 Å². The van der Waals surface area contributed by atoms with Crippen LogP contribution in [0.4, 0.5) is 0 Å². The number of nitrogens with zero attached hydrogens (tertiary/aromatic N) is 1. The van der Waals surface area contributed by atoms with Crippen molar-refractivity contribution < 1.29 is 4.74 Å². The van der Waals surface area contributed by atoms with Gasteiger partial charge in [0.25, 0.3) is 0 Å². The summed E-state index contributed by atoms with van der Waals surface area (Å²) in [4.78, 5) is 0. The Bertz CT molecular complexity index is 228. The van der Waals surface area contributed by atoms with Gasteiger partial charge in [-0.05, 0) is 13.3 Å². The van der Waals surface area contributed by atoms with Gasteiger partial charge in [0, 0.05) is 0 Å². The van der Waals surface area contributed by atoms with Crippen molar-refractivity contribution in [1.82, 2.24) is 0 Å². The predicted octanol–water partition coefficient (Wildman–Crippen LogP) is 1.24. The second-order valence-corrected chi connectivity index (χ2v) is 3.12. The van der Waals surface area contributed by atoms with Gasteiger partial charge in [-0.3, -0.25) is 0 Å². The fourth-order valence-electron chi connectivity index (χ4n) is 1.68. The third-order valence-corrected chi connectivity index (χ3v) is 2.36. The second-order valence-electron chi connectivity index (χ2n) is 3.12. The SMILES string of the molecule is C[C@]12C=C[C@H](C[C@H]1C#N)O2. The molecule has 0 spiro atoms. The zero-order valence-corrected chi connectivity index (χ0v) is 5.87. The van der Waals surface area contributed by atoms with E-state index in [9.17, 15) is 0 Å². The Labute approximate surface area is 60.1 Å². The van der Waals surface area contributed by atoms with Crippen LogP contribution in [0, 0.1) is 17.2 Å². The molecule has 0 aromatic carbocycles. The molecule has 0 N–H and O–H groups in total. The van der Waals surface area contributed by atoms with Crippen molar-refractivity contribution in [1.29, 1.82) is 5.26 Å². The van der Waals surface area contributed by atoms with E-state index in [4.69, 9.17) is 10.00 Å². The average Bonchev–Trinajstić information content (AvgIpc) is 2.41. The molecule has 2 bridgehead atoms. The van der Waals surface area contributed by atoms with E-state index in [1.54, 1.807) is 0 Å². The van der Waals surface area contributed by atoms with E-state index in [1.165, 1.54) is 0 Å². The lowest BCUT2D eigenvalue weighted by molar-refractivity contribution is 0.0363. The molecule has 0 amide bonds. The van der Waals surface area contributed by atoms with E-state index >= 15 is 0 Å². The number of hydrogen-bond donors (Lipinski definition) is 0. The van der Waals surface area contributed by atoms with Gasteiger partial charge in [-0.15, -0.1) is 0 Å². The highest BCUT2D eigenvalue weighted by Gasteiger charge is 2.46. The molecule has 52 valence electrons. The molecule has 2 aliphatic rings. The van der Waals surface area contributed by atoms with E-state index in [2.05, 4.69) is 6.07 Å². The largest absolute Gasteiger partial charge is 0.362 e. The minimum Gasteiger partial charge on any atom is -0.362 e. The number of fused-ring (bicyclic) bond motifs is 2. The number of hydrogen-bond acceptors (Lipinski definition) is 2. The molecule has 2 heteroatoms. The molecule has 0 aliphatic carbocycles. The van der Waals surface area contributed by atoms with E-state index in [0.29, 0.717) is 0 Å². The molecule has 2 aliphatic heterocycles. The maximum absolute atomic E-state index is 8.69. The standard InChI is InChI=1S/C8H9NO/c1-8-3-2-7(10-8)4-6(8)5-9/h2-3,6-7H,4H2,1H3/t6-,7+,8-/m0/s1. The topological polar surface area (TPSA) is 33.0 Å². The molecule has 1 fully saturated rings. The normalized spacial score (nSPS) is 49.6. The van der Waals surface area contributed by atoms with Gasteiger partial charge in [0.05, 0.1) is 18.1 Å². The van der Waals surface area contributed by atoms with Gasteiger partial charge in [0.2, 0.25) is 0 Å². The number of rotatable bonds is 0. The summed E-state index contributed by atoms with van der Waals surface area (Å²) in [6.07, 6.45) is 5.15. The molecule has 1 saturated heterocycles. The smallest absolute Gasteiger partial charge is 0.100 e. The quantitative estimate of drug-likeness (QED) is 0.468. The van der Waals surface area contributed by atoms with Crippen molar-refractivity contribution in [3.8, 4) is 6.07 Å². The number of ether oxygens (including phenoxy) is 1. The molecule has 3 atom stereocenters. The Hall–Kier alpha value is -0.810. The first-order valence-electron chi connectivity index (χ1n) is 3.51. The van der Waals surface area contributed by atoms with Gasteiger partial charge in [0.1, 0.15) is 5.60 Å². The Morgan fingerprint density at radius 2 is 2.60 bits per heavy atom. The summed E-state index contributed by atoms with van der Waals surface area (Å²) in [7, 11) is 0. The Balaban J connectivity index is 2.33. The third kappa shape index (κ3) is 0.559. The van der Waals surface area contributed by atoms with Crippen LogP contribution in [0.15, 0.2) is 12.2 Å². The lowest BCUT2D eigenvalue weighted by Crippen LogP contribution is -2.26. The molecule has 2 rings (SSSR count). The maximum atomic E-state index is 8.69. The van der Waals surface area contributed by atoms with Gasteiger partial charge in [-0.2, -0.15) is 5.26 Å². The highest BCUT2D eigenvalue weighted by atomic mass is 16.5. The fraction of sp³-hybridized carbons (Fsp3) is 0.625. The van der Waals surface area contributed by atoms with Crippen molar-refractivity contribution in [2.75, 3.05) is 0 Å². The average molecular weight is 135 g/mol. The van der Waals surface area contributed by atoms with E-state index in [-0.39, 0.29) is 17.6 Å². The Morgan fingerprint density at radius 1 is 1.80 bits per heavy atom. The molecule has 0 unspecified atom stereocenters. The minimum atomic E-state index is -0.264. The summed E-state index contributed by atoms with van der Waals surface area (Å²) in [5.41, 5.74) is -0.264. The van der Waals surface area contributed by atoms with Crippen LogP contribution in [-0.2, 0) is 4.74 Å². The zero-order valence-electron chi connectivity index (χ0n) is 5.87. The lowest BCUT2D eigenvalue weighted by Gasteiger charge is -2.19. The summed E-state index contributed by atoms with van der Waals surface area (Å²) in [6.45, 7) is 1.98. The first-order valence-corrected chi connectivity index (χ1v) is 3.51. The predicted molar refractivity (Wildman–Crippen MR) is 36.1 cm³/mol. The Morgan fingerprint density at radius 3 is 2.90 bits per heavy atom. The van der Waals surface area contributed by atoms with Crippen molar-refractivity contribution >= 4 is 0 Å². The van der Waals surface area contributed by atoms with Gasteiger partial charge >= 0.3 is 0 Å². The van der Waals surface area contributed by atoms with Crippen LogP contribution in [0.1, 0.15) is 13.3 Å². The Kier molecular flexibility index (Phi) is 0.959. The van der Waals surface area contributed by atoms with Crippen LogP contribution < -0.4 is 0 Å². The lowest BCUT2D eigenvalue weighted by atomic mass is 9.86. The molecule has 0 aromatic heterocycles. The molecular formula is C8H9NO. The fourth-order valence-corrected chi connectivity index (χ4v) is 1.68. The highest BCUT2D eigenvalue weighted by Crippen LogP contribution is 2.41. The molecular weight excluding hydrogens is 126 g/mol. The third-order valence-electron chi connectivity index (χ3n) is 2.36. The monoisotopic (exact) mass is 135 g/mol. The molecule has 0 saturated carbocycles.